The van der Waals surface area contributed by atoms with E-state index in [1.165, 1.54) is 32.6 Å². The van der Waals surface area contributed by atoms with Crippen LogP contribution in [0.25, 0.3) is 10.9 Å². The van der Waals surface area contributed by atoms with Gasteiger partial charge < -0.3 is 25.1 Å². The zero-order valence-electron chi connectivity index (χ0n) is 19.5. The van der Waals surface area contributed by atoms with E-state index < -0.39 is 11.7 Å². The first-order valence-electron chi connectivity index (χ1n) is 10.5. The van der Waals surface area contributed by atoms with Crippen molar-refractivity contribution in [2.45, 2.75) is 13.5 Å². The van der Waals surface area contributed by atoms with Gasteiger partial charge in [-0.2, -0.15) is 0 Å². The molecule has 9 heteroatoms. The molecule has 0 aliphatic rings. The first kappa shape index (κ1) is 25.9. The number of ether oxygens (including phenoxy) is 2. The van der Waals surface area contributed by atoms with Gasteiger partial charge in [-0.15, -0.1) is 0 Å². The summed E-state index contributed by atoms with van der Waals surface area (Å²) in [6, 6.07) is 10.9. The number of ketones is 1. The van der Waals surface area contributed by atoms with Gasteiger partial charge in [0.1, 0.15) is 11.5 Å². The molecule has 1 amide bonds. The highest BCUT2D eigenvalue weighted by Gasteiger charge is 2.28. The van der Waals surface area contributed by atoms with Gasteiger partial charge in [-0.1, -0.05) is 41.9 Å². The molecule has 0 bridgehead atoms. The van der Waals surface area contributed by atoms with Crippen LogP contribution in [0.5, 0.6) is 5.75 Å². The van der Waals surface area contributed by atoms with E-state index in [0.717, 1.165) is 5.56 Å². The number of aromatic nitrogens is 1. The van der Waals surface area contributed by atoms with Crippen molar-refractivity contribution in [3.05, 3.63) is 99.7 Å². The van der Waals surface area contributed by atoms with E-state index >= 15 is 0 Å². The summed E-state index contributed by atoms with van der Waals surface area (Å²) in [7, 11) is 2.92. The number of nitrogens with zero attached hydrogens (tertiary/aromatic N) is 1. The summed E-state index contributed by atoms with van der Waals surface area (Å²) in [6.45, 7) is 5.89. The highest BCUT2D eigenvalue weighted by Crippen LogP contribution is 2.38. The molecule has 3 rings (SSSR count). The topological polar surface area (TPSA) is 95.6 Å². The summed E-state index contributed by atoms with van der Waals surface area (Å²) >= 11 is 12.7. The van der Waals surface area contributed by atoms with E-state index in [-0.39, 0.29) is 22.0 Å². The fourth-order valence-electron chi connectivity index (χ4n) is 3.68. The van der Waals surface area contributed by atoms with Crippen LogP contribution in [-0.4, -0.2) is 30.5 Å². The number of nitrogens with one attached hydrogen (secondary N) is 1. The van der Waals surface area contributed by atoms with Gasteiger partial charge in [0, 0.05) is 34.4 Å². The molecule has 1 aromatic heterocycles. The Balaban J connectivity index is 2.12. The molecule has 0 saturated carbocycles. The molecular weight excluding hydrogens is 489 g/mol. The average molecular weight is 514 g/mol. The number of methoxy groups -OCH3 is 2. The maximum absolute atomic E-state index is 13.5. The van der Waals surface area contributed by atoms with Crippen LogP contribution in [-0.2, 0) is 16.1 Å². The molecule has 0 radical (unpaired) electrons. The van der Waals surface area contributed by atoms with Gasteiger partial charge in [0.25, 0.3) is 11.7 Å². The Morgan fingerprint density at radius 2 is 1.83 bits per heavy atom. The smallest absolute Gasteiger partial charge is 0.296 e. The Kier molecular flexibility index (Phi) is 8.27. The number of allylic oxidation sites excluding steroid dienone is 2. The zero-order chi connectivity index (χ0) is 25.7. The van der Waals surface area contributed by atoms with E-state index in [1.807, 2.05) is 22.8 Å². The van der Waals surface area contributed by atoms with E-state index in [1.54, 1.807) is 25.1 Å². The summed E-state index contributed by atoms with van der Waals surface area (Å²) < 4.78 is 12.3. The number of amides is 1. The molecule has 0 aliphatic carbocycles. The van der Waals surface area contributed by atoms with Crippen molar-refractivity contribution in [1.29, 1.82) is 0 Å². The number of nitrogens with two attached hydrogens (primary N) is 1. The van der Waals surface area contributed by atoms with E-state index in [4.69, 9.17) is 38.4 Å². The second kappa shape index (κ2) is 11.2. The molecular formula is C26H25Cl2N3O4. The lowest BCUT2D eigenvalue weighted by Gasteiger charge is -2.10. The third-order valence-corrected chi connectivity index (χ3v) is 6.04. The molecule has 3 N–H and O–H groups in total. The maximum Gasteiger partial charge on any atom is 0.296 e. The van der Waals surface area contributed by atoms with Gasteiger partial charge >= 0.3 is 0 Å². The molecule has 2 aromatic carbocycles. The van der Waals surface area contributed by atoms with Crippen molar-refractivity contribution >= 4 is 45.8 Å². The third kappa shape index (κ3) is 5.53. The second-order valence-corrected chi connectivity index (χ2v) is 8.38. The van der Waals surface area contributed by atoms with Crippen LogP contribution in [0, 0.1) is 6.92 Å². The van der Waals surface area contributed by atoms with Crippen LogP contribution < -0.4 is 15.8 Å². The summed E-state index contributed by atoms with van der Waals surface area (Å²) in [5, 5.41) is 3.84. The van der Waals surface area contributed by atoms with Gasteiger partial charge in [0.15, 0.2) is 0 Å². The molecule has 7 nitrogen and oxygen atoms in total. The molecule has 3 aromatic rings. The Morgan fingerprint density at radius 3 is 2.43 bits per heavy atom. The van der Waals surface area contributed by atoms with Gasteiger partial charge in [0.05, 0.1) is 30.3 Å². The first-order valence-corrected chi connectivity index (χ1v) is 11.3. The van der Waals surface area contributed by atoms with Crippen LogP contribution in [0.3, 0.4) is 0 Å². The van der Waals surface area contributed by atoms with Gasteiger partial charge in [-0.05, 0) is 49.0 Å². The van der Waals surface area contributed by atoms with Gasteiger partial charge in [0.2, 0.25) is 0 Å². The van der Waals surface area contributed by atoms with Crippen molar-refractivity contribution in [2.24, 2.45) is 5.73 Å². The standard InChI is InChI=1S/C26H25Cl2N3O4/c1-15(34-3)13-19(11-12-29)30-26(33)25(32)22-16(2)31(14-17-5-7-18(27)8-6-17)20-9-10-21(35-4)24(28)23(20)22/h5-13H,1,14,29H2,2-4H3,(H,30,33)/b12-11-,19-13+. The summed E-state index contributed by atoms with van der Waals surface area (Å²) in [5.41, 5.74) is 8.11. The molecule has 0 fully saturated rings. The summed E-state index contributed by atoms with van der Waals surface area (Å²) in [4.78, 5) is 26.5. The maximum atomic E-state index is 13.5. The van der Waals surface area contributed by atoms with E-state index in [9.17, 15) is 9.59 Å². The van der Waals surface area contributed by atoms with Crippen LogP contribution in [0.4, 0.5) is 0 Å². The number of hydrogen-bond donors (Lipinski definition) is 2. The number of halogens is 2. The monoisotopic (exact) mass is 513 g/mol. The Morgan fingerprint density at radius 1 is 1.14 bits per heavy atom. The lowest BCUT2D eigenvalue weighted by Crippen LogP contribution is -2.30. The summed E-state index contributed by atoms with van der Waals surface area (Å²) in [5.74, 6) is -0.975. The SMILES string of the molecule is C=C(/C=C(\C=C/N)NC(=O)C(=O)c1c(C)n(Cc2ccc(Cl)cc2)c2ccc(OC)c(Cl)c12)OC. The molecule has 0 aliphatic heterocycles. The summed E-state index contributed by atoms with van der Waals surface area (Å²) in [6.07, 6.45) is 4.09. The first-order chi connectivity index (χ1) is 16.7. The fourth-order valence-corrected chi connectivity index (χ4v) is 4.14. The van der Waals surface area contributed by atoms with Crippen molar-refractivity contribution in [2.75, 3.05) is 14.2 Å². The quantitative estimate of drug-likeness (QED) is 0.179. The lowest BCUT2D eigenvalue weighted by atomic mass is 10.1. The van der Waals surface area contributed by atoms with Crippen molar-refractivity contribution in [3.63, 3.8) is 0 Å². The number of carbonyl (C=O) groups is 2. The molecule has 0 atom stereocenters. The van der Waals surface area contributed by atoms with Gasteiger partial charge in [-0.3, -0.25) is 9.59 Å². The number of benzene rings is 2. The highest BCUT2D eigenvalue weighted by molar-refractivity contribution is 6.48. The second-order valence-electron chi connectivity index (χ2n) is 7.56. The van der Waals surface area contributed by atoms with Crippen molar-refractivity contribution in [3.8, 4) is 5.75 Å². The Bertz CT molecular complexity index is 1360. The molecule has 0 unspecified atom stereocenters. The molecule has 0 spiro atoms. The molecule has 0 saturated heterocycles. The van der Waals surface area contributed by atoms with Crippen molar-refractivity contribution < 1.29 is 19.1 Å². The number of hydrogen-bond acceptors (Lipinski definition) is 5. The number of carbonyl (C=O) groups excluding carboxylic acids is 2. The Labute approximate surface area is 213 Å². The number of rotatable bonds is 9. The number of Topliss-reactive ketones (excluding diaryl/α,β-unsaturated/α-hetero) is 1. The van der Waals surface area contributed by atoms with Crippen LogP contribution in [0.15, 0.2) is 72.8 Å². The van der Waals surface area contributed by atoms with Crippen LogP contribution >= 0.6 is 23.2 Å². The normalized spacial score (nSPS) is 11.6. The highest BCUT2D eigenvalue weighted by atomic mass is 35.5. The average Bonchev–Trinajstić information content (AvgIpc) is 3.12. The lowest BCUT2D eigenvalue weighted by molar-refractivity contribution is -0.116. The molecule has 182 valence electrons. The third-order valence-electron chi connectivity index (χ3n) is 5.41. The van der Waals surface area contributed by atoms with Gasteiger partial charge in [-0.25, -0.2) is 0 Å². The molecule has 1 heterocycles. The predicted molar refractivity (Wildman–Crippen MR) is 139 cm³/mol. The van der Waals surface area contributed by atoms with Crippen LogP contribution in [0.2, 0.25) is 10.0 Å². The molecule has 35 heavy (non-hydrogen) atoms. The van der Waals surface area contributed by atoms with E-state index in [2.05, 4.69) is 11.9 Å². The van der Waals surface area contributed by atoms with Crippen molar-refractivity contribution in [1.82, 2.24) is 9.88 Å². The minimum absolute atomic E-state index is 0.178. The minimum Gasteiger partial charge on any atom is -0.497 e. The van der Waals surface area contributed by atoms with E-state index in [0.29, 0.717) is 33.9 Å². The fraction of sp³-hybridized carbons (Fsp3) is 0.154. The number of fused-ring (bicyclic) bond motifs is 1. The van der Waals surface area contributed by atoms with Crippen LogP contribution in [0.1, 0.15) is 21.6 Å². The predicted octanol–water partition coefficient (Wildman–Crippen LogP) is 5.13. The largest absolute Gasteiger partial charge is 0.497 e. The zero-order valence-corrected chi connectivity index (χ0v) is 21.0. The Hall–Kier alpha value is -3.68. The minimum atomic E-state index is -0.870.